The predicted molar refractivity (Wildman–Crippen MR) is 85.9 cm³/mol. The zero-order chi connectivity index (χ0) is 15.8. The summed E-state index contributed by atoms with van der Waals surface area (Å²) in [6.45, 7) is 9.67. The third kappa shape index (κ3) is 3.41. The fourth-order valence-electron chi connectivity index (χ4n) is 2.38. The van der Waals surface area contributed by atoms with E-state index in [0.29, 0.717) is 11.3 Å². The highest BCUT2D eigenvalue weighted by atomic mass is 32.2. The minimum absolute atomic E-state index is 0.282. The van der Waals surface area contributed by atoms with Gasteiger partial charge in [0, 0.05) is 23.3 Å². The number of rotatable bonds is 3. The molecule has 4 nitrogen and oxygen atoms in total. The van der Waals surface area contributed by atoms with Crippen LogP contribution in [0.15, 0.2) is 35.5 Å². The number of hydrogen-bond donors (Lipinski definition) is 1. The van der Waals surface area contributed by atoms with Crippen LogP contribution in [-0.4, -0.2) is 18.9 Å². The highest BCUT2D eigenvalue weighted by molar-refractivity contribution is 7.89. The Kier molecular flexibility index (Phi) is 4.08. The molecule has 0 amide bonds. The van der Waals surface area contributed by atoms with Gasteiger partial charge in [-0.2, -0.15) is 0 Å². The third-order valence-corrected chi connectivity index (χ3v) is 4.98. The van der Waals surface area contributed by atoms with Crippen LogP contribution in [0.1, 0.15) is 46.1 Å². The van der Waals surface area contributed by atoms with E-state index < -0.39 is 15.6 Å². The van der Waals surface area contributed by atoms with E-state index in [-0.39, 0.29) is 4.90 Å². The van der Waals surface area contributed by atoms with E-state index in [9.17, 15) is 8.42 Å². The molecule has 0 saturated carbocycles. The van der Waals surface area contributed by atoms with Crippen molar-refractivity contribution in [2.75, 3.05) is 0 Å². The van der Waals surface area contributed by atoms with Crippen molar-refractivity contribution in [1.29, 1.82) is 0 Å². The normalized spacial score (nSPS) is 13.0. The monoisotopic (exact) mass is 306 g/mol. The highest BCUT2D eigenvalue weighted by Gasteiger charge is 2.24. The standard InChI is InChI=1S/C16H22N2O2S/c1-11(2)12-6-7-15(14-10-17-9-8-13(12)14)21(19,20)18-16(3,4)5/h6-11,18H,1-5H3. The molecule has 0 aliphatic carbocycles. The van der Waals surface area contributed by atoms with Gasteiger partial charge in [0.1, 0.15) is 0 Å². The Bertz CT molecular complexity index is 759. The van der Waals surface area contributed by atoms with Crippen LogP contribution in [0.25, 0.3) is 10.8 Å². The van der Waals surface area contributed by atoms with Gasteiger partial charge in [-0.25, -0.2) is 13.1 Å². The molecule has 21 heavy (non-hydrogen) atoms. The van der Waals surface area contributed by atoms with Crippen molar-refractivity contribution in [3.8, 4) is 0 Å². The zero-order valence-electron chi connectivity index (χ0n) is 13.1. The van der Waals surface area contributed by atoms with Crippen molar-refractivity contribution < 1.29 is 8.42 Å². The molecule has 1 aromatic carbocycles. The van der Waals surface area contributed by atoms with E-state index in [1.807, 2.05) is 32.9 Å². The van der Waals surface area contributed by atoms with Crippen LogP contribution in [0.4, 0.5) is 0 Å². The Morgan fingerprint density at radius 3 is 2.33 bits per heavy atom. The van der Waals surface area contributed by atoms with Crippen LogP contribution in [0, 0.1) is 0 Å². The summed E-state index contributed by atoms with van der Waals surface area (Å²) >= 11 is 0. The average molecular weight is 306 g/mol. The molecule has 0 unspecified atom stereocenters. The molecule has 1 heterocycles. The number of hydrogen-bond acceptors (Lipinski definition) is 3. The van der Waals surface area contributed by atoms with E-state index in [1.54, 1.807) is 18.5 Å². The molecule has 2 rings (SSSR count). The van der Waals surface area contributed by atoms with Crippen molar-refractivity contribution in [2.45, 2.75) is 51.0 Å². The molecule has 2 aromatic rings. The zero-order valence-corrected chi connectivity index (χ0v) is 14.0. The highest BCUT2D eigenvalue weighted by Crippen LogP contribution is 2.30. The number of aromatic nitrogens is 1. The molecule has 0 spiro atoms. The van der Waals surface area contributed by atoms with Crippen LogP contribution < -0.4 is 4.72 Å². The maximum Gasteiger partial charge on any atom is 0.241 e. The summed E-state index contributed by atoms with van der Waals surface area (Å²) in [6, 6.07) is 5.44. The van der Waals surface area contributed by atoms with E-state index in [2.05, 4.69) is 23.6 Å². The number of benzene rings is 1. The number of sulfonamides is 1. The number of fused-ring (bicyclic) bond motifs is 1. The second-order valence-corrected chi connectivity index (χ2v) is 8.24. The summed E-state index contributed by atoms with van der Waals surface area (Å²) in [6.07, 6.45) is 3.32. The second-order valence-electron chi connectivity index (χ2n) is 6.58. The molecule has 0 saturated heterocycles. The summed E-state index contributed by atoms with van der Waals surface area (Å²) in [4.78, 5) is 4.37. The minimum atomic E-state index is -3.58. The molecule has 0 fully saturated rings. The van der Waals surface area contributed by atoms with Gasteiger partial charge in [0.15, 0.2) is 0 Å². The lowest BCUT2D eigenvalue weighted by Gasteiger charge is -2.21. The lowest BCUT2D eigenvalue weighted by Crippen LogP contribution is -2.40. The lowest BCUT2D eigenvalue weighted by molar-refractivity contribution is 0.492. The van der Waals surface area contributed by atoms with Crippen molar-refractivity contribution in [3.63, 3.8) is 0 Å². The smallest absolute Gasteiger partial charge is 0.241 e. The molecule has 0 bridgehead atoms. The maximum absolute atomic E-state index is 12.6. The van der Waals surface area contributed by atoms with Crippen molar-refractivity contribution >= 4 is 20.8 Å². The Morgan fingerprint density at radius 1 is 1.10 bits per heavy atom. The van der Waals surface area contributed by atoms with E-state index in [0.717, 1.165) is 10.9 Å². The molecule has 0 radical (unpaired) electrons. The van der Waals surface area contributed by atoms with Gasteiger partial charge in [0.2, 0.25) is 10.0 Å². The Balaban J connectivity index is 2.70. The van der Waals surface area contributed by atoms with Gasteiger partial charge < -0.3 is 0 Å². The maximum atomic E-state index is 12.6. The summed E-state index contributed by atoms with van der Waals surface area (Å²) in [7, 11) is -3.58. The first-order valence-electron chi connectivity index (χ1n) is 7.02. The fraction of sp³-hybridized carbons (Fsp3) is 0.438. The van der Waals surface area contributed by atoms with Crippen LogP contribution >= 0.6 is 0 Å². The Morgan fingerprint density at radius 2 is 1.76 bits per heavy atom. The van der Waals surface area contributed by atoms with Crippen molar-refractivity contribution in [2.24, 2.45) is 0 Å². The molecular formula is C16H22N2O2S. The minimum Gasteiger partial charge on any atom is -0.264 e. The van der Waals surface area contributed by atoms with Gasteiger partial charge in [0.05, 0.1) is 4.90 Å². The first-order valence-corrected chi connectivity index (χ1v) is 8.51. The van der Waals surface area contributed by atoms with Gasteiger partial charge >= 0.3 is 0 Å². The van der Waals surface area contributed by atoms with Crippen LogP contribution in [-0.2, 0) is 10.0 Å². The Labute approximate surface area is 126 Å². The number of nitrogens with zero attached hydrogens (tertiary/aromatic N) is 1. The quantitative estimate of drug-likeness (QED) is 0.945. The summed E-state index contributed by atoms with van der Waals surface area (Å²) in [5.41, 5.74) is 0.603. The van der Waals surface area contributed by atoms with Gasteiger partial charge in [-0.3, -0.25) is 4.98 Å². The molecular weight excluding hydrogens is 284 g/mol. The molecule has 0 atom stereocenters. The molecule has 0 aliphatic heterocycles. The second kappa shape index (κ2) is 5.39. The Hall–Kier alpha value is -1.46. The summed E-state index contributed by atoms with van der Waals surface area (Å²) in [5, 5.41) is 1.61. The SMILES string of the molecule is CC(C)c1ccc(S(=O)(=O)NC(C)(C)C)c2cnccc12. The molecule has 5 heteroatoms. The van der Waals surface area contributed by atoms with Gasteiger partial charge in [-0.15, -0.1) is 0 Å². The third-order valence-electron chi connectivity index (χ3n) is 3.16. The van der Waals surface area contributed by atoms with Crippen LogP contribution in [0.5, 0.6) is 0 Å². The summed E-state index contributed by atoms with van der Waals surface area (Å²) in [5.74, 6) is 0.322. The first kappa shape index (κ1) is 15.9. The van der Waals surface area contributed by atoms with Gasteiger partial charge in [-0.05, 0) is 49.8 Å². The van der Waals surface area contributed by atoms with E-state index in [1.165, 1.54) is 0 Å². The molecule has 0 aliphatic rings. The van der Waals surface area contributed by atoms with E-state index >= 15 is 0 Å². The number of nitrogens with one attached hydrogen (secondary N) is 1. The summed E-state index contributed by atoms with van der Waals surface area (Å²) < 4.78 is 27.9. The topological polar surface area (TPSA) is 59.1 Å². The fourth-order valence-corrected chi connectivity index (χ4v) is 4.00. The average Bonchev–Trinajstić information content (AvgIpc) is 2.34. The number of pyridine rings is 1. The molecule has 1 aromatic heterocycles. The molecule has 114 valence electrons. The lowest BCUT2D eigenvalue weighted by atomic mass is 9.97. The van der Waals surface area contributed by atoms with Crippen molar-refractivity contribution in [1.82, 2.24) is 9.71 Å². The molecule has 1 N–H and O–H groups in total. The van der Waals surface area contributed by atoms with E-state index in [4.69, 9.17) is 0 Å². The van der Waals surface area contributed by atoms with Crippen LogP contribution in [0.2, 0.25) is 0 Å². The van der Waals surface area contributed by atoms with Gasteiger partial charge in [-0.1, -0.05) is 19.9 Å². The van der Waals surface area contributed by atoms with Crippen molar-refractivity contribution in [3.05, 3.63) is 36.2 Å². The largest absolute Gasteiger partial charge is 0.264 e. The predicted octanol–water partition coefficient (Wildman–Crippen LogP) is 3.44. The first-order chi connectivity index (χ1) is 9.62. The van der Waals surface area contributed by atoms with Crippen LogP contribution in [0.3, 0.4) is 0 Å². The van der Waals surface area contributed by atoms with Gasteiger partial charge in [0.25, 0.3) is 0 Å².